The second kappa shape index (κ2) is 12.9. The van der Waals surface area contributed by atoms with Crippen molar-refractivity contribution >= 4 is 28.8 Å². The molecule has 3 atom stereocenters. The molecule has 2 aromatic heterocycles. The first-order valence-corrected chi connectivity index (χ1v) is 14.8. The molecule has 0 saturated heterocycles. The Kier molecular flexibility index (Phi) is 9.13. The third-order valence-electron chi connectivity index (χ3n) is 8.32. The van der Waals surface area contributed by atoms with Crippen molar-refractivity contribution in [2.24, 2.45) is 5.92 Å². The Morgan fingerprint density at radius 2 is 1.98 bits per heavy atom. The number of nitrogens with zero attached hydrogens (tertiary/aromatic N) is 4. The predicted octanol–water partition coefficient (Wildman–Crippen LogP) is 4.23. The number of carbonyl (C=O) groups is 3. The number of hydrogen-bond acceptors (Lipinski definition) is 7. The molecule has 1 aliphatic carbocycles. The number of benzene rings is 1. The van der Waals surface area contributed by atoms with Crippen molar-refractivity contribution in [3.05, 3.63) is 53.9 Å². The molecular weight excluding hydrogens is 609 g/mol. The van der Waals surface area contributed by atoms with Crippen LogP contribution in [-0.4, -0.2) is 81.6 Å². The van der Waals surface area contributed by atoms with Gasteiger partial charge in [0.1, 0.15) is 23.1 Å². The fourth-order valence-electron chi connectivity index (χ4n) is 5.49. The maximum absolute atomic E-state index is 13.5. The van der Waals surface area contributed by atoms with E-state index in [1.807, 2.05) is 12.2 Å². The number of fused-ring (bicyclic) bond motifs is 2. The van der Waals surface area contributed by atoms with E-state index in [1.54, 1.807) is 26.1 Å². The molecular formula is C31H35F3N6O6. The van der Waals surface area contributed by atoms with Gasteiger partial charge in [-0.05, 0) is 50.8 Å². The molecule has 3 unspecified atom stereocenters. The molecule has 2 aliphatic rings. The van der Waals surface area contributed by atoms with Crippen LogP contribution in [-0.2, 0) is 15.8 Å². The summed E-state index contributed by atoms with van der Waals surface area (Å²) in [6.45, 7) is 2.09. The fraction of sp³-hybridized carbons (Fsp3) is 0.452. The predicted molar refractivity (Wildman–Crippen MR) is 160 cm³/mol. The number of aromatic nitrogens is 3. The second-order valence-corrected chi connectivity index (χ2v) is 11.5. The van der Waals surface area contributed by atoms with Gasteiger partial charge in [-0.25, -0.2) is 19.3 Å². The lowest BCUT2D eigenvalue weighted by Gasteiger charge is -2.25. The van der Waals surface area contributed by atoms with Crippen molar-refractivity contribution < 1.29 is 42.1 Å². The van der Waals surface area contributed by atoms with Crippen LogP contribution in [0.3, 0.4) is 0 Å². The molecule has 3 heterocycles. The zero-order chi connectivity index (χ0) is 33.2. The van der Waals surface area contributed by atoms with Crippen molar-refractivity contribution in [1.82, 2.24) is 30.3 Å². The molecule has 1 saturated carbocycles. The largest absolute Gasteiger partial charge is 0.496 e. The van der Waals surface area contributed by atoms with Gasteiger partial charge in [-0.2, -0.15) is 18.3 Å². The van der Waals surface area contributed by atoms with Crippen LogP contribution in [0.1, 0.15) is 43.4 Å². The highest BCUT2D eigenvalue weighted by Gasteiger charge is 2.60. The molecule has 5 rings (SSSR count). The molecule has 0 radical (unpaired) electrons. The number of carboxylic acid groups (broad SMARTS) is 1. The molecule has 3 amide bonds. The van der Waals surface area contributed by atoms with Crippen LogP contribution < -0.4 is 20.1 Å². The van der Waals surface area contributed by atoms with Crippen molar-refractivity contribution in [2.45, 2.75) is 56.8 Å². The molecule has 3 aromatic rings. The minimum Gasteiger partial charge on any atom is -0.496 e. The van der Waals surface area contributed by atoms with Crippen LogP contribution in [0, 0.1) is 12.8 Å². The van der Waals surface area contributed by atoms with Gasteiger partial charge >= 0.3 is 18.2 Å². The van der Waals surface area contributed by atoms with E-state index >= 15 is 0 Å². The van der Waals surface area contributed by atoms with E-state index in [4.69, 9.17) is 9.47 Å². The molecule has 46 heavy (non-hydrogen) atoms. The van der Waals surface area contributed by atoms with Crippen LogP contribution >= 0.6 is 0 Å². The van der Waals surface area contributed by atoms with Gasteiger partial charge in [0.15, 0.2) is 11.5 Å². The van der Waals surface area contributed by atoms with E-state index in [2.05, 4.69) is 20.7 Å². The van der Waals surface area contributed by atoms with Crippen molar-refractivity contribution in [1.29, 1.82) is 0 Å². The third kappa shape index (κ3) is 6.72. The number of carboxylic acids is 1. The third-order valence-corrected chi connectivity index (χ3v) is 8.32. The van der Waals surface area contributed by atoms with Gasteiger partial charge in [0, 0.05) is 49.1 Å². The second-order valence-electron chi connectivity index (χ2n) is 11.5. The molecule has 0 spiro atoms. The number of hydrogen-bond donors (Lipinski definition) is 3. The normalized spacial score (nSPS) is 23.1. The lowest BCUT2D eigenvalue weighted by atomic mass is 10.1. The minimum atomic E-state index is -4.65. The molecule has 0 bridgehead atoms. The van der Waals surface area contributed by atoms with E-state index < -0.39 is 41.4 Å². The molecule has 1 aliphatic heterocycles. The van der Waals surface area contributed by atoms with Crippen molar-refractivity contribution in [2.75, 3.05) is 27.3 Å². The number of aryl methyl sites for hydroxylation is 1. The van der Waals surface area contributed by atoms with Crippen LogP contribution in [0.15, 0.2) is 42.6 Å². The first-order valence-electron chi connectivity index (χ1n) is 14.8. The number of nitrogens with one attached hydrogen (secondary N) is 2. The standard InChI is InChI=1S/C31H35F3N6O6/c1-18-22(45-3)10-9-20-23(16-25(36-26(18)20)40-14-11-24(38-40)31(32,33)34)46-15-12-21-27(41)37-30(28(42)43)17-19(30)8-6-4-5-7-13-39(2)29(44)35-21/h6,8-11,14,16,19,21H,4-5,7,12-13,15,17H2,1-3H3,(H,35,44)(H,37,41)(H,42,43)/b8-6+. The Morgan fingerprint density at radius 1 is 1.20 bits per heavy atom. The molecule has 246 valence electrons. The number of methoxy groups -OCH3 is 1. The van der Waals surface area contributed by atoms with E-state index in [-0.39, 0.29) is 36.9 Å². The van der Waals surface area contributed by atoms with Gasteiger partial charge < -0.3 is 30.1 Å². The number of amides is 3. The zero-order valence-electron chi connectivity index (χ0n) is 25.6. The van der Waals surface area contributed by atoms with Gasteiger partial charge in [-0.15, -0.1) is 0 Å². The number of ether oxygens (including phenoxy) is 2. The Balaban J connectivity index is 1.42. The highest BCUT2D eigenvalue weighted by atomic mass is 19.4. The number of pyridine rings is 1. The Morgan fingerprint density at radius 3 is 2.67 bits per heavy atom. The maximum atomic E-state index is 13.5. The Hall–Kier alpha value is -4.82. The summed E-state index contributed by atoms with van der Waals surface area (Å²) >= 11 is 0. The van der Waals surface area contributed by atoms with Crippen LogP contribution in [0.25, 0.3) is 16.7 Å². The van der Waals surface area contributed by atoms with Gasteiger partial charge in [0.05, 0.1) is 19.2 Å². The quantitative estimate of drug-likeness (QED) is 0.324. The van der Waals surface area contributed by atoms with Crippen molar-refractivity contribution in [3.63, 3.8) is 0 Å². The van der Waals surface area contributed by atoms with E-state index in [0.717, 1.165) is 36.2 Å². The summed E-state index contributed by atoms with van der Waals surface area (Å²) < 4.78 is 52.3. The number of urea groups is 1. The van der Waals surface area contributed by atoms with E-state index in [9.17, 15) is 32.7 Å². The molecule has 15 heteroatoms. The zero-order valence-corrected chi connectivity index (χ0v) is 25.6. The first-order chi connectivity index (χ1) is 21.8. The van der Waals surface area contributed by atoms with Crippen LogP contribution in [0.5, 0.6) is 11.5 Å². The summed E-state index contributed by atoms with van der Waals surface area (Å²) in [6, 6.07) is 4.02. The van der Waals surface area contributed by atoms with Crippen LogP contribution in [0.4, 0.5) is 18.0 Å². The monoisotopic (exact) mass is 644 g/mol. The van der Waals surface area contributed by atoms with Gasteiger partial charge in [-0.1, -0.05) is 12.2 Å². The summed E-state index contributed by atoms with van der Waals surface area (Å²) in [7, 11) is 3.09. The number of carbonyl (C=O) groups excluding carboxylic acids is 2. The van der Waals surface area contributed by atoms with Gasteiger partial charge in [0.25, 0.3) is 0 Å². The molecule has 3 N–H and O–H groups in total. The number of aliphatic carboxylic acids is 1. The first kappa shape index (κ1) is 32.6. The van der Waals surface area contributed by atoms with Crippen LogP contribution in [0.2, 0.25) is 0 Å². The smallest absolute Gasteiger partial charge is 0.435 e. The number of halogens is 3. The summed E-state index contributed by atoms with van der Waals surface area (Å²) in [5.74, 6) is -1.39. The van der Waals surface area contributed by atoms with Gasteiger partial charge in [0.2, 0.25) is 5.91 Å². The maximum Gasteiger partial charge on any atom is 0.435 e. The van der Waals surface area contributed by atoms with E-state index in [1.165, 1.54) is 18.1 Å². The highest BCUT2D eigenvalue weighted by molar-refractivity contribution is 5.94. The molecule has 1 aromatic carbocycles. The number of rotatable bonds is 7. The lowest BCUT2D eigenvalue weighted by molar-refractivity contribution is -0.143. The summed E-state index contributed by atoms with van der Waals surface area (Å²) in [6.07, 6.45) is 2.69. The topological polar surface area (TPSA) is 148 Å². The molecule has 1 fully saturated rings. The number of alkyl halides is 3. The minimum absolute atomic E-state index is 0.0457. The summed E-state index contributed by atoms with van der Waals surface area (Å²) in [5.41, 5.74) is -1.54. The average molecular weight is 645 g/mol. The Bertz CT molecular complexity index is 1670. The fourth-order valence-corrected chi connectivity index (χ4v) is 5.49. The summed E-state index contributed by atoms with van der Waals surface area (Å²) in [5, 5.41) is 19.4. The highest BCUT2D eigenvalue weighted by Crippen LogP contribution is 2.45. The SMILES string of the molecule is COc1ccc2c(OCCC3NC(=O)N(C)CCCC/C=C/C4CC4(C(=O)O)NC3=O)cc(-n3ccc(C(F)(F)F)n3)nc2c1C. The average Bonchev–Trinajstić information content (AvgIpc) is 3.45. The lowest BCUT2D eigenvalue weighted by Crippen LogP contribution is -2.55. The molecule has 12 nitrogen and oxygen atoms in total. The van der Waals surface area contributed by atoms with Gasteiger partial charge in [-0.3, -0.25) is 4.79 Å². The Labute approximate surface area is 262 Å². The summed E-state index contributed by atoms with van der Waals surface area (Å²) in [4.78, 5) is 44.6. The number of allylic oxidation sites excluding steroid dienone is 1. The van der Waals surface area contributed by atoms with Crippen molar-refractivity contribution in [3.8, 4) is 17.3 Å². The van der Waals surface area contributed by atoms with E-state index in [0.29, 0.717) is 28.8 Å².